The van der Waals surface area contributed by atoms with Gasteiger partial charge in [-0.2, -0.15) is 5.26 Å². The lowest BCUT2D eigenvalue weighted by Gasteiger charge is -2.00. The molecule has 0 aliphatic heterocycles. The van der Waals surface area contributed by atoms with Crippen molar-refractivity contribution in [1.82, 2.24) is 0 Å². The fraction of sp³-hybridized carbons (Fsp3) is 0.0909. The number of carbonyl (C=O) groups excluding carboxylic acids is 1. The molecule has 1 rings (SSSR count). The Balaban J connectivity index is 3.14. The summed E-state index contributed by atoms with van der Waals surface area (Å²) >= 11 is 5.82. The third-order valence-electron chi connectivity index (χ3n) is 1.72. The predicted octanol–water partition coefficient (Wildman–Crippen LogP) is 3.08. The van der Waals surface area contributed by atoms with E-state index in [2.05, 4.69) is 0 Å². The summed E-state index contributed by atoms with van der Waals surface area (Å²) in [6.07, 6.45) is 2.98. The first-order valence-electron chi connectivity index (χ1n) is 4.02. The van der Waals surface area contributed by atoms with Crippen molar-refractivity contribution in [3.05, 3.63) is 40.4 Å². The minimum Gasteiger partial charge on any atom is -0.294 e. The predicted molar refractivity (Wildman–Crippen MR) is 56.1 cm³/mol. The maximum atomic E-state index is 11.1. The van der Waals surface area contributed by atoms with Crippen molar-refractivity contribution in [2.75, 3.05) is 0 Å². The second kappa shape index (κ2) is 4.59. The number of nitriles is 1. The summed E-state index contributed by atoms with van der Waals surface area (Å²) in [7, 11) is 0. The van der Waals surface area contributed by atoms with Crippen LogP contribution in [-0.4, -0.2) is 5.78 Å². The number of carbonyl (C=O) groups is 1. The van der Waals surface area contributed by atoms with Gasteiger partial charge in [0.2, 0.25) is 0 Å². The molecule has 14 heavy (non-hydrogen) atoms. The van der Waals surface area contributed by atoms with E-state index >= 15 is 0 Å². The molecule has 70 valence electrons. The van der Waals surface area contributed by atoms with Gasteiger partial charge in [-0.3, -0.25) is 4.79 Å². The molecule has 1 aromatic rings. The second-order valence-corrected chi connectivity index (χ2v) is 3.17. The minimum atomic E-state index is -0.0813. The number of Topliss-reactive ketones (excluding diaryl/α,β-unsaturated/α-hetero) is 1. The van der Waals surface area contributed by atoms with Gasteiger partial charge in [-0.1, -0.05) is 17.7 Å². The number of hydrogen-bond donors (Lipinski definition) is 0. The topological polar surface area (TPSA) is 40.9 Å². The lowest BCUT2D eigenvalue weighted by atomic mass is 10.1. The van der Waals surface area contributed by atoms with E-state index in [-0.39, 0.29) is 5.78 Å². The Labute approximate surface area is 87.4 Å². The first kappa shape index (κ1) is 10.5. The van der Waals surface area contributed by atoms with Crippen LogP contribution < -0.4 is 0 Å². The van der Waals surface area contributed by atoms with Crippen LogP contribution in [0.4, 0.5) is 0 Å². The maximum absolute atomic E-state index is 11.1. The van der Waals surface area contributed by atoms with Gasteiger partial charge in [0.25, 0.3) is 0 Å². The molecule has 0 saturated carbocycles. The molecule has 0 saturated heterocycles. The Kier molecular flexibility index (Phi) is 3.44. The molecule has 0 N–H and O–H groups in total. The van der Waals surface area contributed by atoms with E-state index in [0.717, 1.165) is 5.56 Å². The molecule has 0 amide bonds. The number of benzene rings is 1. The Bertz CT molecular complexity index is 429. The fourth-order valence-corrected chi connectivity index (χ4v) is 1.30. The SMILES string of the molecule is CC(=O)c1cc(C=CC#N)ccc1Cl. The first-order chi connectivity index (χ1) is 6.65. The molecule has 0 heterocycles. The molecule has 0 fully saturated rings. The van der Waals surface area contributed by atoms with E-state index < -0.39 is 0 Å². The van der Waals surface area contributed by atoms with Crippen LogP contribution in [0.3, 0.4) is 0 Å². The molecule has 0 unspecified atom stereocenters. The fourth-order valence-electron chi connectivity index (χ4n) is 1.05. The van der Waals surface area contributed by atoms with Crippen molar-refractivity contribution < 1.29 is 4.79 Å². The third kappa shape index (κ3) is 2.45. The van der Waals surface area contributed by atoms with Gasteiger partial charge in [-0.25, -0.2) is 0 Å². The largest absolute Gasteiger partial charge is 0.294 e. The van der Waals surface area contributed by atoms with E-state index in [4.69, 9.17) is 16.9 Å². The van der Waals surface area contributed by atoms with Gasteiger partial charge in [0.15, 0.2) is 5.78 Å². The van der Waals surface area contributed by atoms with E-state index in [1.165, 1.54) is 13.0 Å². The summed E-state index contributed by atoms with van der Waals surface area (Å²) in [5.74, 6) is -0.0813. The summed E-state index contributed by atoms with van der Waals surface area (Å²) in [6.45, 7) is 1.46. The molecule has 0 atom stereocenters. The van der Waals surface area contributed by atoms with Crippen molar-refractivity contribution >= 4 is 23.5 Å². The summed E-state index contributed by atoms with van der Waals surface area (Å²) < 4.78 is 0. The van der Waals surface area contributed by atoms with Crippen LogP contribution >= 0.6 is 11.6 Å². The van der Waals surface area contributed by atoms with Crippen molar-refractivity contribution in [2.24, 2.45) is 0 Å². The molecule has 1 aromatic carbocycles. The monoisotopic (exact) mass is 205 g/mol. The molecule has 0 spiro atoms. The number of hydrogen-bond acceptors (Lipinski definition) is 2. The van der Waals surface area contributed by atoms with Crippen LogP contribution in [0.5, 0.6) is 0 Å². The smallest absolute Gasteiger partial charge is 0.161 e. The van der Waals surface area contributed by atoms with Crippen LogP contribution in [0.1, 0.15) is 22.8 Å². The number of ketones is 1. The average molecular weight is 206 g/mol. The zero-order valence-electron chi connectivity index (χ0n) is 7.62. The van der Waals surface area contributed by atoms with Gasteiger partial charge in [0.1, 0.15) is 0 Å². The molecule has 0 radical (unpaired) electrons. The molecule has 0 aliphatic carbocycles. The van der Waals surface area contributed by atoms with E-state index in [1.807, 2.05) is 6.07 Å². The van der Waals surface area contributed by atoms with Crippen LogP contribution in [0.15, 0.2) is 24.3 Å². The lowest BCUT2D eigenvalue weighted by molar-refractivity contribution is 0.101. The molecule has 0 aromatic heterocycles. The lowest BCUT2D eigenvalue weighted by Crippen LogP contribution is -1.93. The van der Waals surface area contributed by atoms with Crippen LogP contribution in [0.25, 0.3) is 6.08 Å². The third-order valence-corrected chi connectivity index (χ3v) is 2.05. The minimum absolute atomic E-state index is 0.0813. The Morgan fingerprint density at radius 2 is 2.29 bits per heavy atom. The van der Waals surface area contributed by atoms with Gasteiger partial charge in [-0.05, 0) is 30.7 Å². The van der Waals surface area contributed by atoms with Gasteiger partial charge in [-0.15, -0.1) is 0 Å². The highest BCUT2D eigenvalue weighted by molar-refractivity contribution is 6.33. The highest BCUT2D eigenvalue weighted by atomic mass is 35.5. The molecule has 0 aliphatic rings. The van der Waals surface area contributed by atoms with Crippen LogP contribution in [-0.2, 0) is 0 Å². The van der Waals surface area contributed by atoms with Crippen molar-refractivity contribution in [3.63, 3.8) is 0 Å². The number of halogens is 1. The van der Waals surface area contributed by atoms with E-state index in [9.17, 15) is 4.79 Å². The highest BCUT2D eigenvalue weighted by Crippen LogP contribution is 2.18. The second-order valence-electron chi connectivity index (χ2n) is 2.76. The quantitative estimate of drug-likeness (QED) is 0.550. The zero-order valence-corrected chi connectivity index (χ0v) is 8.38. The van der Waals surface area contributed by atoms with Gasteiger partial charge in [0, 0.05) is 11.6 Å². The van der Waals surface area contributed by atoms with Crippen molar-refractivity contribution in [1.29, 1.82) is 5.26 Å². The first-order valence-corrected chi connectivity index (χ1v) is 4.39. The summed E-state index contributed by atoms with van der Waals surface area (Å²) in [4.78, 5) is 11.1. The molecule has 2 nitrogen and oxygen atoms in total. The Morgan fingerprint density at radius 1 is 1.57 bits per heavy atom. The van der Waals surface area contributed by atoms with Gasteiger partial charge in [0.05, 0.1) is 11.1 Å². The van der Waals surface area contributed by atoms with Crippen molar-refractivity contribution in [2.45, 2.75) is 6.92 Å². The summed E-state index contributed by atoms with van der Waals surface area (Å²) in [6, 6.07) is 6.95. The number of nitrogens with zero attached hydrogens (tertiary/aromatic N) is 1. The molecule has 3 heteroatoms. The van der Waals surface area contributed by atoms with Crippen molar-refractivity contribution in [3.8, 4) is 6.07 Å². The average Bonchev–Trinajstić information content (AvgIpc) is 2.16. The number of allylic oxidation sites excluding steroid dienone is 1. The molecular weight excluding hydrogens is 198 g/mol. The Hall–Kier alpha value is -1.59. The molecule has 0 bridgehead atoms. The normalized spacial score (nSPS) is 10.1. The van der Waals surface area contributed by atoms with Crippen LogP contribution in [0, 0.1) is 11.3 Å². The summed E-state index contributed by atoms with van der Waals surface area (Å²) in [5.41, 5.74) is 1.27. The summed E-state index contributed by atoms with van der Waals surface area (Å²) in [5, 5.41) is 8.77. The standard InChI is InChI=1S/C11H8ClNO/c1-8(14)10-7-9(3-2-6-13)4-5-11(10)12/h2-5,7H,1H3. The molecular formula is C11H8ClNO. The number of rotatable bonds is 2. The van der Waals surface area contributed by atoms with Crippen LogP contribution in [0.2, 0.25) is 5.02 Å². The zero-order chi connectivity index (χ0) is 10.6. The van der Waals surface area contributed by atoms with Gasteiger partial charge >= 0.3 is 0 Å². The highest BCUT2D eigenvalue weighted by Gasteiger charge is 2.04. The van der Waals surface area contributed by atoms with E-state index in [0.29, 0.717) is 10.6 Å². The van der Waals surface area contributed by atoms with Gasteiger partial charge < -0.3 is 0 Å². The Morgan fingerprint density at radius 3 is 2.86 bits per heavy atom. The van der Waals surface area contributed by atoms with E-state index in [1.54, 1.807) is 24.3 Å². The maximum Gasteiger partial charge on any atom is 0.161 e.